The number of rotatable bonds is 10. The van der Waals surface area contributed by atoms with Gasteiger partial charge in [0.1, 0.15) is 17.6 Å². The van der Waals surface area contributed by atoms with Crippen molar-refractivity contribution in [2.75, 3.05) is 6.61 Å². The van der Waals surface area contributed by atoms with Gasteiger partial charge in [0.05, 0.1) is 10.0 Å². The number of nitrogens with one attached hydrogen (secondary N) is 1. The standard InChI is InChI=1S/C30H31Cl2FN2O3/c31-26-16-11-22(17-27(26)32)19-35(29(36)20-38-25-14-12-23(33)13-15-25)28(18-21-7-3-1-4-8-21)30(37)34-24-9-5-2-6-10-24/h1,3-4,7-8,11-17,24,28H,2,5-6,9-10,18-20H2,(H,34,37)/t28-/m0/s1. The summed E-state index contributed by atoms with van der Waals surface area (Å²) in [5.74, 6) is -0.608. The predicted molar refractivity (Wildman–Crippen MR) is 148 cm³/mol. The van der Waals surface area contributed by atoms with Gasteiger partial charge in [0.15, 0.2) is 6.61 Å². The minimum absolute atomic E-state index is 0.0897. The maximum Gasteiger partial charge on any atom is 0.261 e. The molecule has 0 unspecified atom stereocenters. The highest BCUT2D eigenvalue weighted by molar-refractivity contribution is 6.42. The Morgan fingerprint density at radius 2 is 1.63 bits per heavy atom. The minimum atomic E-state index is -0.780. The van der Waals surface area contributed by atoms with Crippen LogP contribution in [0.5, 0.6) is 5.75 Å². The SMILES string of the molecule is O=C(NC1CCCCC1)[C@H](Cc1ccccc1)N(Cc1ccc(Cl)c(Cl)c1)C(=O)COc1ccc(F)cc1. The number of carbonyl (C=O) groups excluding carboxylic acids is 2. The lowest BCUT2D eigenvalue weighted by Gasteiger charge is -2.33. The quantitative estimate of drug-likeness (QED) is 0.306. The largest absolute Gasteiger partial charge is 0.484 e. The van der Waals surface area contributed by atoms with Crippen molar-refractivity contribution in [2.24, 2.45) is 0 Å². The van der Waals surface area contributed by atoms with Gasteiger partial charge >= 0.3 is 0 Å². The fourth-order valence-corrected chi connectivity index (χ4v) is 5.01. The van der Waals surface area contributed by atoms with E-state index in [1.807, 2.05) is 30.3 Å². The summed E-state index contributed by atoms with van der Waals surface area (Å²) in [7, 11) is 0. The zero-order chi connectivity index (χ0) is 26.9. The van der Waals surface area contributed by atoms with E-state index in [1.54, 1.807) is 18.2 Å². The van der Waals surface area contributed by atoms with Gasteiger partial charge in [0.2, 0.25) is 5.91 Å². The average molecular weight is 557 g/mol. The molecule has 1 aliphatic rings. The molecular formula is C30H31Cl2FN2O3. The third-order valence-corrected chi connectivity index (χ3v) is 7.47. The summed E-state index contributed by atoms with van der Waals surface area (Å²) in [5.41, 5.74) is 1.67. The van der Waals surface area contributed by atoms with Crippen LogP contribution in [-0.4, -0.2) is 35.4 Å². The monoisotopic (exact) mass is 556 g/mol. The van der Waals surface area contributed by atoms with Crippen molar-refractivity contribution in [3.8, 4) is 5.75 Å². The Hall–Kier alpha value is -3.09. The second-order valence-electron chi connectivity index (χ2n) is 9.56. The molecule has 4 rings (SSSR count). The number of nitrogens with zero attached hydrogens (tertiary/aromatic N) is 1. The van der Waals surface area contributed by atoms with E-state index in [0.29, 0.717) is 22.2 Å². The number of carbonyl (C=O) groups is 2. The number of hydrogen-bond acceptors (Lipinski definition) is 3. The van der Waals surface area contributed by atoms with Crippen LogP contribution in [0.3, 0.4) is 0 Å². The first-order valence-corrected chi connectivity index (χ1v) is 13.6. The van der Waals surface area contributed by atoms with E-state index in [9.17, 15) is 14.0 Å². The van der Waals surface area contributed by atoms with Crippen molar-refractivity contribution in [1.82, 2.24) is 10.2 Å². The number of benzene rings is 3. The fourth-order valence-electron chi connectivity index (χ4n) is 4.69. The summed E-state index contributed by atoms with van der Waals surface area (Å²) in [6.45, 7) is -0.174. The van der Waals surface area contributed by atoms with E-state index in [0.717, 1.165) is 36.8 Å². The van der Waals surface area contributed by atoms with Gasteiger partial charge in [-0.25, -0.2) is 4.39 Å². The smallest absolute Gasteiger partial charge is 0.261 e. The van der Waals surface area contributed by atoms with Crippen molar-refractivity contribution in [3.63, 3.8) is 0 Å². The molecule has 0 heterocycles. The first kappa shape index (κ1) is 27.9. The average Bonchev–Trinajstić information content (AvgIpc) is 2.93. The molecule has 38 heavy (non-hydrogen) atoms. The molecule has 0 radical (unpaired) electrons. The molecule has 1 N–H and O–H groups in total. The highest BCUT2D eigenvalue weighted by atomic mass is 35.5. The minimum Gasteiger partial charge on any atom is -0.484 e. The molecule has 3 aromatic carbocycles. The molecule has 1 aliphatic carbocycles. The zero-order valence-electron chi connectivity index (χ0n) is 21.0. The summed E-state index contributed by atoms with van der Waals surface area (Å²) < 4.78 is 19.0. The summed E-state index contributed by atoms with van der Waals surface area (Å²) in [4.78, 5) is 28.9. The Bertz CT molecular complexity index is 1220. The summed E-state index contributed by atoms with van der Waals surface area (Å²) in [6.07, 6.45) is 5.51. The van der Waals surface area contributed by atoms with Crippen molar-refractivity contribution < 1.29 is 18.7 Å². The molecular weight excluding hydrogens is 526 g/mol. The summed E-state index contributed by atoms with van der Waals surface area (Å²) >= 11 is 12.4. The fraction of sp³-hybridized carbons (Fsp3) is 0.333. The Balaban J connectivity index is 1.62. The van der Waals surface area contributed by atoms with Gasteiger partial charge < -0.3 is 15.0 Å². The van der Waals surface area contributed by atoms with Crippen LogP contribution in [0.2, 0.25) is 10.0 Å². The van der Waals surface area contributed by atoms with Crippen molar-refractivity contribution in [1.29, 1.82) is 0 Å². The second-order valence-corrected chi connectivity index (χ2v) is 10.4. The van der Waals surface area contributed by atoms with Crippen LogP contribution in [0.1, 0.15) is 43.2 Å². The maximum atomic E-state index is 13.8. The molecule has 2 amide bonds. The molecule has 1 fully saturated rings. The Labute approximate surface area is 232 Å². The third-order valence-electron chi connectivity index (χ3n) is 6.74. The molecule has 0 bridgehead atoms. The molecule has 1 saturated carbocycles. The second kappa shape index (κ2) is 13.6. The lowest BCUT2D eigenvalue weighted by molar-refractivity contribution is -0.143. The van der Waals surface area contributed by atoms with Crippen LogP contribution in [0.4, 0.5) is 4.39 Å². The molecule has 0 spiro atoms. The van der Waals surface area contributed by atoms with Crippen molar-refractivity contribution in [2.45, 2.75) is 57.2 Å². The summed E-state index contributed by atoms with van der Waals surface area (Å²) in [6, 6.07) is 19.5. The highest BCUT2D eigenvalue weighted by Gasteiger charge is 2.32. The molecule has 0 aliphatic heterocycles. The van der Waals surface area contributed by atoms with Crippen molar-refractivity contribution >= 4 is 35.0 Å². The lowest BCUT2D eigenvalue weighted by Crippen LogP contribution is -2.53. The molecule has 1 atom stereocenters. The van der Waals surface area contributed by atoms with Crippen LogP contribution < -0.4 is 10.1 Å². The number of amides is 2. The van der Waals surface area contributed by atoms with Gasteiger partial charge in [-0.05, 0) is 60.4 Å². The number of ether oxygens (including phenoxy) is 1. The lowest BCUT2D eigenvalue weighted by atomic mass is 9.94. The molecule has 200 valence electrons. The maximum absolute atomic E-state index is 13.8. The van der Waals surface area contributed by atoms with Crippen LogP contribution in [0.15, 0.2) is 72.8 Å². The molecule has 5 nitrogen and oxygen atoms in total. The van der Waals surface area contributed by atoms with Crippen LogP contribution in [-0.2, 0) is 22.6 Å². The van der Waals surface area contributed by atoms with Crippen LogP contribution in [0.25, 0.3) is 0 Å². The van der Waals surface area contributed by atoms with Crippen LogP contribution >= 0.6 is 23.2 Å². The Morgan fingerprint density at radius 1 is 0.921 bits per heavy atom. The molecule has 0 aromatic heterocycles. The van der Waals surface area contributed by atoms with Crippen molar-refractivity contribution in [3.05, 3.63) is 99.8 Å². The van der Waals surface area contributed by atoms with Gasteiger partial charge in [0, 0.05) is 19.0 Å². The van der Waals surface area contributed by atoms with E-state index in [-0.39, 0.29) is 31.0 Å². The normalized spacial score (nSPS) is 14.5. The number of hydrogen-bond donors (Lipinski definition) is 1. The van der Waals surface area contributed by atoms with Gasteiger partial charge in [0.25, 0.3) is 5.91 Å². The molecule has 8 heteroatoms. The van der Waals surface area contributed by atoms with Gasteiger partial charge in [-0.3, -0.25) is 9.59 Å². The Morgan fingerprint density at radius 3 is 2.32 bits per heavy atom. The molecule has 0 saturated heterocycles. The Kier molecular flexibility index (Phi) is 10.0. The van der Waals surface area contributed by atoms with E-state index in [2.05, 4.69) is 5.32 Å². The van der Waals surface area contributed by atoms with Gasteiger partial charge in [-0.15, -0.1) is 0 Å². The predicted octanol–water partition coefficient (Wildman–Crippen LogP) is 6.60. The topological polar surface area (TPSA) is 58.6 Å². The third kappa shape index (κ3) is 7.95. The molecule has 3 aromatic rings. The van der Waals surface area contributed by atoms with Gasteiger partial charge in [-0.2, -0.15) is 0 Å². The zero-order valence-corrected chi connectivity index (χ0v) is 22.6. The number of halogens is 3. The summed E-state index contributed by atoms with van der Waals surface area (Å²) in [5, 5.41) is 3.97. The van der Waals surface area contributed by atoms with Crippen LogP contribution in [0, 0.1) is 5.82 Å². The van der Waals surface area contributed by atoms with E-state index < -0.39 is 11.9 Å². The first-order chi connectivity index (χ1) is 18.4. The van der Waals surface area contributed by atoms with E-state index in [1.165, 1.54) is 35.6 Å². The first-order valence-electron chi connectivity index (χ1n) is 12.8. The van der Waals surface area contributed by atoms with Gasteiger partial charge in [-0.1, -0.05) is 78.9 Å². The highest BCUT2D eigenvalue weighted by Crippen LogP contribution is 2.25. The van der Waals surface area contributed by atoms with E-state index >= 15 is 0 Å². The van der Waals surface area contributed by atoms with E-state index in [4.69, 9.17) is 27.9 Å².